The molecule has 0 aliphatic rings. The van der Waals surface area contributed by atoms with E-state index in [0.29, 0.717) is 6.42 Å². The predicted molar refractivity (Wildman–Crippen MR) is 35.4 cm³/mol. The Balaban J connectivity index is 3.82. The first-order chi connectivity index (χ1) is 4.72. The van der Waals surface area contributed by atoms with Crippen LogP contribution < -0.4 is 0 Å². The fourth-order valence-corrected chi connectivity index (χ4v) is 0.517. The minimum Gasteiger partial charge on any atom is -0.481 e. The van der Waals surface area contributed by atoms with E-state index in [1.54, 1.807) is 6.92 Å². The minimum absolute atomic E-state index is 0.0440. The third-order valence-corrected chi connectivity index (χ3v) is 1.21. The zero-order chi connectivity index (χ0) is 7.98. The van der Waals surface area contributed by atoms with Crippen LogP contribution in [0.1, 0.15) is 13.3 Å². The molecule has 56 valence electrons. The van der Waals surface area contributed by atoms with Crippen LogP contribution in [0.3, 0.4) is 0 Å². The molecule has 0 radical (unpaired) electrons. The van der Waals surface area contributed by atoms with Crippen molar-refractivity contribution >= 4 is 5.97 Å². The molecule has 0 fully saturated rings. The van der Waals surface area contributed by atoms with Gasteiger partial charge >= 0.3 is 5.97 Å². The summed E-state index contributed by atoms with van der Waals surface area (Å²) in [5.74, 6) is -1.44. The van der Waals surface area contributed by atoms with E-state index >= 15 is 0 Å². The standard InChI is InChI=1S/C5H9N3O2/c1-2-4(5(9)10)3-7-8-6/h4H,2-3H2,1H3,(H,9,10)/t4-/m1/s1. The van der Waals surface area contributed by atoms with Crippen molar-refractivity contribution in [3.8, 4) is 0 Å². The van der Waals surface area contributed by atoms with Gasteiger partial charge in [0, 0.05) is 11.5 Å². The zero-order valence-corrected chi connectivity index (χ0v) is 5.69. The number of aliphatic carboxylic acids is 1. The van der Waals surface area contributed by atoms with Crippen molar-refractivity contribution < 1.29 is 9.90 Å². The number of hydrogen-bond acceptors (Lipinski definition) is 2. The third kappa shape index (κ3) is 2.94. The van der Waals surface area contributed by atoms with Crippen LogP contribution in [0.25, 0.3) is 10.4 Å². The lowest BCUT2D eigenvalue weighted by Gasteiger charge is -2.02. The summed E-state index contributed by atoms with van der Waals surface area (Å²) in [4.78, 5) is 12.7. The highest BCUT2D eigenvalue weighted by molar-refractivity contribution is 5.70. The van der Waals surface area contributed by atoms with Gasteiger partial charge in [-0.05, 0) is 12.0 Å². The Kier molecular flexibility index (Phi) is 4.07. The van der Waals surface area contributed by atoms with Gasteiger partial charge < -0.3 is 5.11 Å². The summed E-state index contributed by atoms with van der Waals surface area (Å²) >= 11 is 0. The molecule has 1 N–H and O–H groups in total. The van der Waals surface area contributed by atoms with Crippen molar-refractivity contribution in [2.24, 2.45) is 11.0 Å². The van der Waals surface area contributed by atoms with Crippen LogP contribution in [0.5, 0.6) is 0 Å². The summed E-state index contributed by atoms with van der Waals surface area (Å²) in [6, 6.07) is 0. The smallest absolute Gasteiger partial charge is 0.306 e. The van der Waals surface area contributed by atoms with E-state index < -0.39 is 11.9 Å². The number of azide groups is 1. The third-order valence-electron chi connectivity index (χ3n) is 1.21. The minimum atomic E-state index is -0.908. The van der Waals surface area contributed by atoms with Crippen molar-refractivity contribution in [2.45, 2.75) is 13.3 Å². The SMILES string of the molecule is CC[C@H](CN=[N+]=[N-])C(=O)O. The van der Waals surface area contributed by atoms with E-state index in [1.807, 2.05) is 0 Å². The van der Waals surface area contributed by atoms with E-state index in [-0.39, 0.29) is 6.54 Å². The maximum atomic E-state index is 10.3. The van der Waals surface area contributed by atoms with Gasteiger partial charge in [-0.1, -0.05) is 12.0 Å². The number of nitrogens with zero attached hydrogens (tertiary/aromatic N) is 3. The summed E-state index contributed by atoms with van der Waals surface area (Å²) in [5.41, 5.74) is 7.86. The fraction of sp³-hybridized carbons (Fsp3) is 0.800. The molecule has 0 rings (SSSR count). The second-order valence-corrected chi connectivity index (χ2v) is 1.86. The van der Waals surface area contributed by atoms with Gasteiger partial charge in [-0.15, -0.1) is 0 Å². The lowest BCUT2D eigenvalue weighted by Crippen LogP contribution is -2.15. The molecule has 0 unspecified atom stereocenters. The molecule has 0 aromatic carbocycles. The molecule has 0 aliphatic heterocycles. The van der Waals surface area contributed by atoms with E-state index in [2.05, 4.69) is 10.0 Å². The van der Waals surface area contributed by atoms with Crippen LogP contribution in [0.15, 0.2) is 5.11 Å². The molecule has 0 bridgehead atoms. The molecule has 1 atom stereocenters. The molecular formula is C5H9N3O2. The number of rotatable bonds is 4. The Morgan fingerprint density at radius 2 is 2.50 bits per heavy atom. The Morgan fingerprint density at radius 1 is 1.90 bits per heavy atom. The molecule has 5 nitrogen and oxygen atoms in total. The number of carboxylic acid groups (broad SMARTS) is 1. The predicted octanol–water partition coefficient (Wildman–Crippen LogP) is 1.41. The van der Waals surface area contributed by atoms with Gasteiger partial charge in [-0.3, -0.25) is 4.79 Å². The highest BCUT2D eigenvalue weighted by Crippen LogP contribution is 2.02. The number of hydrogen-bond donors (Lipinski definition) is 1. The molecular weight excluding hydrogens is 134 g/mol. The van der Waals surface area contributed by atoms with Gasteiger partial charge in [0.05, 0.1) is 5.92 Å². The van der Waals surface area contributed by atoms with Crippen LogP contribution in [0.2, 0.25) is 0 Å². The second kappa shape index (κ2) is 4.64. The molecule has 0 aromatic heterocycles. The first-order valence-corrected chi connectivity index (χ1v) is 2.96. The average Bonchev–Trinajstić information content (AvgIpc) is 1.89. The van der Waals surface area contributed by atoms with Gasteiger partial charge in [-0.2, -0.15) is 0 Å². The van der Waals surface area contributed by atoms with Crippen molar-refractivity contribution in [1.82, 2.24) is 0 Å². The van der Waals surface area contributed by atoms with Gasteiger partial charge in [0.25, 0.3) is 0 Å². The van der Waals surface area contributed by atoms with Crippen molar-refractivity contribution in [2.75, 3.05) is 6.54 Å². The summed E-state index contributed by atoms with van der Waals surface area (Å²) in [6.07, 6.45) is 0.494. The molecule has 0 aromatic rings. The van der Waals surface area contributed by atoms with Gasteiger partial charge in [0.2, 0.25) is 0 Å². The Hall–Kier alpha value is -1.22. The van der Waals surface area contributed by atoms with Crippen LogP contribution >= 0.6 is 0 Å². The van der Waals surface area contributed by atoms with Gasteiger partial charge in [-0.25, -0.2) is 0 Å². The summed E-state index contributed by atoms with van der Waals surface area (Å²) in [7, 11) is 0. The zero-order valence-electron chi connectivity index (χ0n) is 5.69. The van der Waals surface area contributed by atoms with Crippen LogP contribution in [-0.4, -0.2) is 17.6 Å². The Morgan fingerprint density at radius 3 is 2.80 bits per heavy atom. The summed E-state index contributed by atoms with van der Waals surface area (Å²) in [5, 5.41) is 11.6. The van der Waals surface area contributed by atoms with Crippen LogP contribution in [0, 0.1) is 5.92 Å². The average molecular weight is 143 g/mol. The quantitative estimate of drug-likeness (QED) is 0.366. The van der Waals surface area contributed by atoms with Crippen LogP contribution in [0.4, 0.5) is 0 Å². The molecule has 0 amide bonds. The maximum Gasteiger partial charge on any atom is 0.306 e. The molecule has 0 heterocycles. The van der Waals surface area contributed by atoms with Crippen molar-refractivity contribution in [3.05, 3.63) is 10.4 Å². The monoisotopic (exact) mass is 143 g/mol. The van der Waals surface area contributed by atoms with E-state index in [0.717, 1.165) is 0 Å². The highest BCUT2D eigenvalue weighted by atomic mass is 16.4. The fourth-order valence-electron chi connectivity index (χ4n) is 0.517. The largest absolute Gasteiger partial charge is 0.481 e. The number of carboxylic acids is 1. The lowest BCUT2D eigenvalue weighted by atomic mass is 10.1. The van der Waals surface area contributed by atoms with Gasteiger partial charge in [0.15, 0.2) is 0 Å². The summed E-state index contributed by atoms with van der Waals surface area (Å²) < 4.78 is 0. The maximum absolute atomic E-state index is 10.3. The van der Waals surface area contributed by atoms with Crippen molar-refractivity contribution in [1.29, 1.82) is 0 Å². The van der Waals surface area contributed by atoms with Gasteiger partial charge in [0.1, 0.15) is 0 Å². The van der Waals surface area contributed by atoms with E-state index in [4.69, 9.17) is 10.6 Å². The molecule has 0 saturated heterocycles. The normalized spacial score (nSPS) is 11.7. The molecule has 10 heavy (non-hydrogen) atoms. The van der Waals surface area contributed by atoms with Crippen LogP contribution in [-0.2, 0) is 4.79 Å². The second-order valence-electron chi connectivity index (χ2n) is 1.86. The number of carbonyl (C=O) groups is 1. The van der Waals surface area contributed by atoms with E-state index in [9.17, 15) is 4.79 Å². The highest BCUT2D eigenvalue weighted by Gasteiger charge is 2.12. The molecule has 5 heteroatoms. The lowest BCUT2D eigenvalue weighted by molar-refractivity contribution is -0.141. The molecule has 0 spiro atoms. The summed E-state index contributed by atoms with van der Waals surface area (Å²) in [6.45, 7) is 1.79. The van der Waals surface area contributed by atoms with Crippen molar-refractivity contribution in [3.63, 3.8) is 0 Å². The first kappa shape index (κ1) is 8.78. The first-order valence-electron chi connectivity index (χ1n) is 2.96. The topological polar surface area (TPSA) is 86.1 Å². The Labute approximate surface area is 58.3 Å². The Bertz CT molecular complexity index is 162. The molecule has 0 aliphatic carbocycles. The van der Waals surface area contributed by atoms with E-state index in [1.165, 1.54) is 0 Å². The molecule has 0 saturated carbocycles.